The zero-order valence-electron chi connectivity index (χ0n) is 27.6. The van der Waals surface area contributed by atoms with Crippen molar-refractivity contribution in [3.05, 3.63) is 91.0 Å². The first-order chi connectivity index (χ1) is 23.4. The van der Waals surface area contributed by atoms with Gasteiger partial charge in [-0.3, -0.25) is 14.4 Å². The Morgan fingerprint density at radius 3 is 2.23 bits per heavy atom. The number of aliphatic hydroxyl groups is 1. The Hall–Kier alpha value is -4.47. The van der Waals surface area contributed by atoms with E-state index in [1.54, 1.807) is 14.7 Å². The number of ether oxygens (including phenoxy) is 2. The van der Waals surface area contributed by atoms with Crippen LogP contribution in [0, 0.1) is 11.8 Å². The van der Waals surface area contributed by atoms with Crippen LogP contribution < -0.4 is 14.5 Å². The SMILES string of the molecule is CCOc1ccc(N2CC=C[C@@]3(CC)O[C@]45C=CCN(c6ccc7ccccc7c6)C(=O)C4N(CCCCCO)C(=O)[C@@H]5[C@H]3C2=O)cc1. The molecule has 1 spiro atoms. The van der Waals surface area contributed by atoms with Crippen molar-refractivity contribution in [2.75, 3.05) is 42.6 Å². The minimum absolute atomic E-state index is 0.0633. The van der Waals surface area contributed by atoms with E-state index >= 15 is 0 Å². The summed E-state index contributed by atoms with van der Waals surface area (Å²) in [4.78, 5) is 49.6. The summed E-state index contributed by atoms with van der Waals surface area (Å²) in [5, 5.41) is 11.5. The first kappa shape index (κ1) is 32.1. The van der Waals surface area contributed by atoms with Gasteiger partial charge in [0.15, 0.2) is 0 Å². The molecule has 0 aromatic heterocycles. The van der Waals surface area contributed by atoms with Crippen molar-refractivity contribution in [2.24, 2.45) is 11.8 Å². The van der Waals surface area contributed by atoms with E-state index in [9.17, 15) is 19.5 Å². The van der Waals surface area contributed by atoms with Crippen molar-refractivity contribution in [2.45, 2.75) is 56.8 Å². The van der Waals surface area contributed by atoms with E-state index in [1.807, 2.05) is 105 Å². The van der Waals surface area contributed by atoms with E-state index in [4.69, 9.17) is 9.47 Å². The van der Waals surface area contributed by atoms with E-state index < -0.39 is 29.1 Å². The summed E-state index contributed by atoms with van der Waals surface area (Å²) in [6, 6.07) is 20.4. The van der Waals surface area contributed by atoms with Crippen molar-refractivity contribution >= 4 is 39.9 Å². The second kappa shape index (κ2) is 12.9. The molecule has 4 aliphatic heterocycles. The van der Waals surface area contributed by atoms with Gasteiger partial charge >= 0.3 is 0 Å². The van der Waals surface area contributed by atoms with Crippen LogP contribution in [0.1, 0.15) is 39.5 Å². The molecule has 0 bridgehead atoms. The summed E-state index contributed by atoms with van der Waals surface area (Å²) in [5.74, 6) is -1.67. The number of likely N-dealkylation sites (tertiary alicyclic amines) is 1. The molecule has 4 heterocycles. The highest BCUT2D eigenvalue weighted by Crippen LogP contribution is 2.59. The number of carbonyl (C=O) groups is 3. The number of aliphatic hydroxyl groups excluding tert-OH is 1. The molecule has 2 fully saturated rings. The smallest absolute Gasteiger partial charge is 0.253 e. The monoisotopic (exact) mass is 649 g/mol. The van der Waals surface area contributed by atoms with Crippen LogP contribution in [-0.2, 0) is 19.1 Å². The molecular formula is C39H43N3O6. The molecule has 9 nitrogen and oxygen atoms in total. The van der Waals surface area contributed by atoms with Crippen LogP contribution >= 0.6 is 0 Å². The van der Waals surface area contributed by atoms with Crippen LogP contribution in [0.3, 0.4) is 0 Å². The Morgan fingerprint density at radius 1 is 0.792 bits per heavy atom. The summed E-state index contributed by atoms with van der Waals surface area (Å²) < 4.78 is 12.8. The topological polar surface area (TPSA) is 99.6 Å². The van der Waals surface area contributed by atoms with Crippen LogP contribution in [0.5, 0.6) is 5.75 Å². The number of rotatable bonds is 10. The Kier molecular flexibility index (Phi) is 8.60. The predicted molar refractivity (Wildman–Crippen MR) is 185 cm³/mol. The second-order valence-electron chi connectivity index (χ2n) is 13.1. The number of nitrogens with zero attached hydrogens (tertiary/aromatic N) is 3. The van der Waals surface area contributed by atoms with Gasteiger partial charge in [-0.2, -0.15) is 0 Å². The fourth-order valence-corrected chi connectivity index (χ4v) is 8.27. The number of hydrogen-bond acceptors (Lipinski definition) is 6. The Morgan fingerprint density at radius 2 is 1.50 bits per heavy atom. The zero-order chi connectivity index (χ0) is 33.5. The summed E-state index contributed by atoms with van der Waals surface area (Å²) in [6.07, 6.45) is 10.1. The Bertz CT molecular complexity index is 1770. The van der Waals surface area contributed by atoms with Gasteiger partial charge in [-0.15, -0.1) is 0 Å². The third-order valence-corrected chi connectivity index (χ3v) is 10.5. The summed E-state index contributed by atoms with van der Waals surface area (Å²) in [7, 11) is 0. The van der Waals surface area contributed by atoms with Crippen LogP contribution in [-0.4, -0.2) is 77.8 Å². The van der Waals surface area contributed by atoms with Crippen molar-refractivity contribution in [1.82, 2.24) is 4.90 Å². The molecule has 3 aromatic rings. The van der Waals surface area contributed by atoms with Gasteiger partial charge < -0.3 is 29.3 Å². The zero-order valence-corrected chi connectivity index (χ0v) is 27.6. The summed E-state index contributed by atoms with van der Waals surface area (Å²) in [5.41, 5.74) is -0.953. The highest BCUT2D eigenvalue weighted by molar-refractivity contribution is 6.08. The number of anilines is 2. The van der Waals surface area contributed by atoms with Gasteiger partial charge in [0.2, 0.25) is 11.8 Å². The maximum atomic E-state index is 14.9. The molecule has 0 aliphatic carbocycles. The van der Waals surface area contributed by atoms with E-state index in [0.717, 1.165) is 16.5 Å². The van der Waals surface area contributed by atoms with E-state index in [2.05, 4.69) is 0 Å². The lowest BCUT2D eigenvalue weighted by Crippen LogP contribution is -2.56. The van der Waals surface area contributed by atoms with E-state index in [0.29, 0.717) is 63.4 Å². The molecule has 250 valence electrons. The van der Waals surface area contributed by atoms with Crippen molar-refractivity contribution in [1.29, 1.82) is 0 Å². The molecule has 0 saturated carbocycles. The molecule has 4 aliphatic rings. The summed E-state index contributed by atoms with van der Waals surface area (Å²) >= 11 is 0. The maximum Gasteiger partial charge on any atom is 0.253 e. The van der Waals surface area contributed by atoms with Gasteiger partial charge in [0, 0.05) is 37.6 Å². The molecule has 1 unspecified atom stereocenters. The van der Waals surface area contributed by atoms with Gasteiger partial charge in [0.05, 0.1) is 24.0 Å². The van der Waals surface area contributed by atoms with Gasteiger partial charge in [-0.05, 0) is 79.8 Å². The first-order valence-corrected chi connectivity index (χ1v) is 17.2. The van der Waals surface area contributed by atoms with Crippen LogP contribution in [0.15, 0.2) is 91.0 Å². The third kappa shape index (κ3) is 5.11. The van der Waals surface area contributed by atoms with Crippen LogP contribution in [0.2, 0.25) is 0 Å². The molecule has 2 saturated heterocycles. The molecule has 48 heavy (non-hydrogen) atoms. The number of unbranched alkanes of at least 4 members (excludes halogenated alkanes) is 2. The van der Waals surface area contributed by atoms with E-state index in [-0.39, 0.29) is 24.3 Å². The third-order valence-electron chi connectivity index (χ3n) is 10.5. The molecule has 3 amide bonds. The minimum Gasteiger partial charge on any atom is -0.494 e. The molecule has 3 aromatic carbocycles. The number of fused-ring (bicyclic) bond motifs is 3. The Labute approximate surface area is 281 Å². The Balaban J connectivity index is 1.30. The fraction of sp³-hybridized carbons (Fsp3) is 0.410. The fourth-order valence-electron chi connectivity index (χ4n) is 8.27. The van der Waals surface area contributed by atoms with Crippen LogP contribution in [0.4, 0.5) is 11.4 Å². The summed E-state index contributed by atoms with van der Waals surface area (Å²) in [6.45, 7) is 5.47. The lowest BCUT2D eigenvalue weighted by Gasteiger charge is -2.38. The van der Waals surface area contributed by atoms with Gasteiger partial charge in [-0.1, -0.05) is 61.6 Å². The number of carbonyl (C=O) groups excluding carboxylic acids is 3. The van der Waals surface area contributed by atoms with Gasteiger partial charge in [0.25, 0.3) is 5.91 Å². The van der Waals surface area contributed by atoms with Crippen molar-refractivity contribution < 1.29 is 29.0 Å². The number of amides is 3. The van der Waals surface area contributed by atoms with Crippen LogP contribution in [0.25, 0.3) is 10.8 Å². The molecular weight excluding hydrogens is 606 g/mol. The lowest BCUT2D eigenvalue weighted by atomic mass is 9.73. The highest BCUT2D eigenvalue weighted by Gasteiger charge is 2.75. The molecule has 9 heteroatoms. The predicted octanol–water partition coefficient (Wildman–Crippen LogP) is 5.27. The first-order valence-electron chi connectivity index (χ1n) is 17.2. The van der Waals surface area contributed by atoms with Gasteiger partial charge in [-0.25, -0.2) is 0 Å². The standard InChI is InChI=1S/C39H43N3O6/c1-3-38-20-10-23-40(29-16-18-31(19-17-29)47-4-2)35(44)32(38)33-36(45)42(22-8-5-9-25-43)34-37(46)41(24-11-21-39(33,34)48-38)30-15-14-27-12-6-7-13-28(27)26-30/h6-7,10-21,26,32-34,43H,3-5,8-9,22-25H2,1-2H3/t32-,33-,34?,38+,39-/m0/s1. The number of benzene rings is 3. The normalized spacial score (nSPS) is 28.0. The lowest BCUT2D eigenvalue weighted by molar-refractivity contribution is -0.145. The molecule has 5 atom stereocenters. The minimum atomic E-state index is -1.33. The van der Waals surface area contributed by atoms with Crippen molar-refractivity contribution in [3.8, 4) is 5.75 Å². The highest BCUT2D eigenvalue weighted by atomic mass is 16.5. The maximum absolute atomic E-state index is 14.9. The van der Waals surface area contributed by atoms with E-state index in [1.165, 1.54) is 0 Å². The van der Waals surface area contributed by atoms with Gasteiger partial charge in [0.1, 0.15) is 17.4 Å². The molecule has 0 radical (unpaired) electrons. The quantitative estimate of drug-likeness (QED) is 0.238. The second-order valence-corrected chi connectivity index (χ2v) is 13.1. The average molecular weight is 650 g/mol. The average Bonchev–Trinajstić information content (AvgIpc) is 3.39. The molecule has 7 rings (SSSR count). The van der Waals surface area contributed by atoms with Crippen molar-refractivity contribution in [3.63, 3.8) is 0 Å². The number of hydrogen-bond donors (Lipinski definition) is 1. The largest absolute Gasteiger partial charge is 0.494 e. The molecule has 1 N–H and O–H groups in total.